The highest BCUT2D eigenvalue weighted by Gasteiger charge is 2.35. The fourth-order valence-electron chi connectivity index (χ4n) is 2.34. The Balaban J connectivity index is 1.84. The average Bonchev–Trinajstić information content (AvgIpc) is 2.77. The zero-order valence-corrected chi connectivity index (χ0v) is 14.9. The predicted molar refractivity (Wildman–Crippen MR) is 96.8 cm³/mol. The van der Waals surface area contributed by atoms with Gasteiger partial charge in [-0.05, 0) is 53.6 Å². The quantitative estimate of drug-likeness (QED) is 0.695. The molecular formula is C18H14BrNO2S. The number of carbonyl (C=O) groups is 2. The zero-order valence-electron chi connectivity index (χ0n) is 12.5. The lowest BCUT2D eigenvalue weighted by atomic mass is 10.1. The van der Waals surface area contributed by atoms with Crippen LogP contribution in [0.5, 0.6) is 0 Å². The maximum atomic E-state index is 12.5. The Bertz CT molecular complexity index is 816. The smallest absolute Gasteiger partial charge is 0.268 e. The molecule has 3 rings (SSSR count). The van der Waals surface area contributed by atoms with Crippen molar-refractivity contribution < 1.29 is 9.59 Å². The third kappa shape index (κ3) is 3.57. The molecule has 0 bridgehead atoms. The van der Waals surface area contributed by atoms with E-state index < -0.39 is 0 Å². The van der Waals surface area contributed by atoms with Gasteiger partial charge in [0.15, 0.2) is 0 Å². The van der Waals surface area contributed by atoms with Gasteiger partial charge in [0.25, 0.3) is 11.1 Å². The van der Waals surface area contributed by atoms with Gasteiger partial charge in [0.1, 0.15) is 0 Å². The molecule has 2 aromatic carbocycles. The first-order chi connectivity index (χ1) is 11.0. The number of imide groups is 1. The number of benzene rings is 2. The number of aryl methyl sites for hydroxylation is 1. The van der Waals surface area contributed by atoms with Crippen LogP contribution >= 0.6 is 27.7 Å². The van der Waals surface area contributed by atoms with Gasteiger partial charge in [0, 0.05) is 4.47 Å². The lowest BCUT2D eigenvalue weighted by Gasteiger charge is -2.14. The minimum Gasteiger partial charge on any atom is -0.268 e. The van der Waals surface area contributed by atoms with Crippen molar-refractivity contribution in [3.63, 3.8) is 0 Å². The lowest BCUT2D eigenvalue weighted by molar-refractivity contribution is -0.123. The Morgan fingerprint density at radius 3 is 2.65 bits per heavy atom. The standard InChI is InChI=1S/C18H14BrNO2S/c1-12-5-2-3-7-14(12)11-20-17(21)16(23-18(20)22)10-13-6-4-8-15(19)9-13/h2-10H,11H2,1H3/b16-10-. The first-order valence-electron chi connectivity index (χ1n) is 7.10. The fourth-order valence-corrected chi connectivity index (χ4v) is 3.60. The molecule has 3 nitrogen and oxygen atoms in total. The summed E-state index contributed by atoms with van der Waals surface area (Å²) >= 11 is 4.40. The molecular weight excluding hydrogens is 374 g/mol. The van der Waals surface area contributed by atoms with Crippen LogP contribution in [0.25, 0.3) is 6.08 Å². The minimum absolute atomic E-state index is 0.223. The summed E-state index contributed by atoms with van der Waals surface area (Å²) in [5.74, 6) is -0.233. The van der Waals surface area contributed by atoms with E-state index in [4.69, 9.17) is 0 Å². The maximum absolute atomic E-state index is 12.5. The van der Waals surface area contributed by atoms with Crippen LogP contribution in [-0.4, -0.2) is 16.0 Å². The van der Waals surface area contributed by atoms with Crippen LogP contribution in [-0.2, 0) is 11.3 Å². The molecule has 0 atom stereocenters. The summed E-state index contributed by atoms with van der Waals surface area (Å²) in [5.41, 5.74) is 2.95. The number of thioether (sulfide) groups is 1. The zero-order chi connectivity index (χ0) is 16.4. The Morgan fingerprint density at radius 2 is 1.91 bits per heavy atom. The molecule has 116 valence electrons. The Hall–Kier alpha value is -1.85. The van der Waals surface area contributed by atoms with E-state index in [1.165, 1.54) is 4.90 Å². The van der Waals surface area contributed by atoms with Crippen molar-refractivity contribution in [2.24, 2.45) is 0 Å². The number of hydrogen-bond donors (Lipinski definition) is 0. The predicted octanol–water partition coefficient (Wildman–Crippen LogP) is 4.99. The topological polar surface area (TPSA) is 37.4 Å². The molecule has 23 heavy (non-hydrogen) atoms. The van der Waals surface area contributed by atoms with E-state index in [-0.39, 0.29) is 11.1 Å². The molecule has 1 saturated heterocycles. The van der Waals surface area contributed by atoms with Crippen molar-refractivity contribution in [3.8, 4) is 0 Å². The van der Waals surface area contributed by atoms with Gasteiger partial charge in [0.05, 0.1) is 11.4 Å². The maximum Gasteiger partial charge on any atom is 0.293 e. The van der Waals surface area contributed by atoms with Gasteiger partial charge in [0.2, 0.25) is 0 Å². The van der Waals surface area contributed by atoms with Crippen molar-refractivity contribution in [1.29, 1.82) is 0 Å². The Morgan fingerprint density at radius 1 is 1.13 bits per heavy atom. The average molecular weight is 388 g/mol. The summed E-state index contributed by atoms with van der Waals surface area (Å²) in [7, 11) is 0. The molecule has 2 amide bonds. The molecule has 2 aromatic rings. The fraction of sp³-hybridized carbons (Fsp3) is 0.111. The van der Waals surface area contributed by atoms with E-state index in [0.29, 0.717) is 11.4 Å². The van der Waals surface area contributed by atoms with Crippen LogP contribution in [0.15, 0.2) is 57.9 Å². The summed E-state index contributed by atoms with van der Waals surface area (Å²) in [6, 6.07) is 15.4. The SMILES string of the molecule is Cc1ccccc1CN1C(=O)S/C(=C\c2cccc(Br)c2)C1=O. The summed E-state index contributed by atoms with van der Waals surface area (Å²) in [6.07, 6.45) is 1.76. The van der Waals surface area contributed by atoms with Gasteiger partial charge in [-0.1, -0.05) is 52.3 Å². The van der Waals surface area contributed by atoms with Crippen LogP contribution < -0.4 is 0 Å². The largest absolute Gasteiger partial charge is 0.293 e. The molecule has 0 N–H and O–H groups in total. The molecule has 0 unspecified atom stereocenters. The van der Waals surface area contributed by atoms with Gasteiger partial charge < -0.3 is 0 Å². The second-order valence-corrected chi connectivity index (χ2v) is 7.16. The molecule has 1 aliphatic heterocycles. The van der Waals surface area contributed by atoms with Crippen LogP contribution in [0.1, 0.15) is 16.7 Å². The first kappa shape index (κ1) is 16.0. The molecule has 0 saturated carbocycles. The van der Waals surface area contributed by atoms with Crippen LogP contribution in [0.3, 0.4) is 0 Å². The van der Waals surface area contributed by atoms with Crippen LogP contribution in [0, 0.1) is 6.92 Å². The van der Waals surface area contributed by atoms with E-state index in [0.717, 1.165) is 32.9 Å². The highest BCUT2D eigenvalue weighted by atomic mass is 79.9. The van der Waals surface area contributed by atoms with Crippen molar-refractivity contribution in [2.45, 2.75) is 13.5 Å². The molecule has 1 heterocycles. The monoisotopic (exact) mass is 387 g/mol. The number of nitrogens with zero attached hydrogens (tertiary/aromatic N) is 1. The van der Waals surface area contributed by atoms with Crippen LogP contribution in [0.4, 0.5) is 4.79 Å². The Kier molecular flexibility index (Phi) is 4.68. The van der Waals surface area contributed by atoms with E-state index in [1.54, 1.807) is 6.08 Å². The second kappa shape index (κ2) is 6.72. The van der Waals surface area contributed by atoms with Gasteiger partial charge in [-0.3, -0.25) is 14.5 Å². The van der Waals surface area contributed by atoms with Crippen molar-refractivity contribution >= 4 is 44.9 Å². The Labute approximate surface area is 147 Å². The summed E-state index contributed by atoms with van der Waals surface area (Å²) < 4.78 is 0.936. The summed E-state index contributed by atoms with van der Waals surface area (Å²) in [4.78, 5) is 26.5. The molecule has 0 aromatic heterocycles. The molecule has 0 aliphatic carbocycles. The molecule has 0 radical (unpaired) electrons. The third-order valence-electron chi connectivity index (χ3n) is 3.61. The normalized spacial score (nSPS) is 16.4. The van der Waals surface area contributed by atoms with E-state index in [9.17, 15) is 9.59 Å². The second-order valence-electron chi connectivity index (χ2n) is 5.25. The molecule has 1 aliphatic rings. The van der Waals surface area contributed by atoms with E-state index in [1.807, 2.05) is 55.5 Å². The minimum atomic E-state index is -0.233. The van der Waals surface area contributed by atoms with Gasteiger partial charge in [-0.15, -0.1) is 0 Å². The number of rotatable bonds is 3. The third-order valence-corrected chi connectivity index (χ3v) is 5.01. The highest BCUT2D eigenvalue weighted by Crippen LogP contribution is 2.33. The number of amides is 2. The van der Waals surface area contributed by atoms with Gasteiger partial charge in [-0.25, -0.2) is 0 Å². The highest BCUT2D eigenvalue weighted by molar-refractivity contribution is 9.10. The van der Waals surface area contributed by atoms with Gasteiger partial charge >= 0.3 is 0 Å². The molecule has 0 spiro atoms. The summed E-state index contributed by atoms with van der Waals surface area (Å²) in [6.45, 7) is 2.29. The summed E-state index contributed by atoms with van der Waals surface area (Å²) in [5, 5.41) is -0.223. The van der Waals surface area contributed by atoms with E-state index in [2.05, 4.69) is 15.9 Å². The van der Waals surface area contributed by atoms with Crippen molar-refractivity contribution in [3.05, 3.63) is 74.6 Å². The first-order valence-corrected chi connectivity index (χ1v) is 8.71. The van der Waals surface area contributed by atoms with Crippen LogP contribution in [0.2, 0.25) is 0 Å². The molecule has 5 heteroatoms. The van der Waals surface area contributed by atoms with Crippen molar-refractivity contribution in [2.75, 3.05) is 0 Å². The lowest BCUT2D eigenvalue weighted by Crippen LogP contribution is -2.27. The van der Waals surface area contributed by atoms with E-state index >= 15 is 0 Å². The molecule has 1 fully saturated rings. The number of hydrogen-bond acceptors (Lipinski definition) is 3. The van der Waals surface area contributed by atoms with Crippen molar-refractivity contribution in [1.82, 2.24) is 4.90 Å². The number of halogens is 1. The van der Waals surface area contributed by atoms with Gasteiger partial charge in [-0.2, -0.15) is 0 Å². The number of carbonyl (C=O) groups excluding carboxylic acids is 2.